The number of piperidine rings is 1. The fraction of sp³-hybridized carbons (Fsp3) is 0.750. The molecule has 0 aromatic carbocycles. The highest BCUT2D eigenvalue weighted by Crippen LogP contribution is 2.24. The third-order valence-electron chi connectivity index (χ3n) is 3.26. The maximum Gasteiger partial charge on any atom is 0.309 e. The van der Waals surface area contributed by atoms with Crippen LogP contribution in [-0.2, 0) is 19.1 Å². The molecule has 0 aromatic heterocycles. The average molecular weight is 273 g/mol. The molecule has 108 valence electrons. The van der Waals surface area contributed by atoms with Gasteiger partial charge in [-0.15, -0.1) is 0 Å². The molecule has 0 aromatic rings. The number of carboxylic acid groups (broad SMARTS) is 2. The Labute approximate surface area is 111 Å². The van der Waals surface area contributed by atoms with Crippen LogP contribution in [0.2, 0.25) is 0 Å². The highest BCUT2D eigenvalue weighted by atomic mass is 16.5. The molecule has 2 N–H and O–H groups in total. The van der Waals surface area contributed by atoms with Crippen LogP contribution in [0.25, 0.3) is 0 Å². The van der Waals surface area contributed by atoms with Crippen LogP contribution < -0.4 is 0 Å². The van der Waals surface area contributed by atoms with E-state index in [0.717, 1.165) is 0 Å². The lowest BCUT2D eigenvalue weighted by Gasteiger charge is -2.34. The van der Waals surface area contributed by atoms with Gasteiger partial charge in [0.1, 0.15) is 0 Å². The summed E-state index contributed by atoms with van der Waals surface area (Å²) in [6, 6.07) is 0. The first-order valence-electron chi connectivity index (χ1n) is 6.28. The van der Waals surface area contributed by atoms with Gasteiger partial charge in [0.2, 0.25) is 5.91 Å². The quantitative estimate of drug-likeness (QED) is 0.662. The fourth-order valence-electron chi connectivity index (χ4n) is 2.19. The van der Waals surface area contributed by atoms with Gasteiger partial charge < -0.3 is 19.8 Å². The molecule has 1 aliphatic rings. The standard InChI is InChI=1S/C12H19NO6/c1-2-19-6-4-10(14)13-5-3-8(11(15)16)9(7-13)12(17)18/h8-9H,2-7H2,1H3,(H,15,16)(H,17,18). The zero-order valence-electron chi connectivity index (χ0n) is 10.9. The molecule has 1 fully saturated rings. The van der Waals surface area contributed by atoms with Crippen LogP contribution in [0.5, 0.6) is 0 Å². The van der Waals surface area contributed by atoms with Crippen molar-refractivity contribution in [2.75, 3.05) is 26.3 Å². The first-order chi connectivity index (χ1) is 8.97. The summed E-state index contributed by atoms with van der Waals surface area (Å²) in [5.41, 5.74) is 0. The van der Waals surface area contributed by atoms with Crippen LogP contribution in [0.1, 0.15) is 19.8 Å². The van der Waals surface area contributed by atoms with Crippen molar-refractivity contribution in [3.8, 4) is 0 Å². The van der Waals surface area contributed by atoms with E-state index in [-0.39, 0.29) is 31.8 Å². The summed E-state index contributed by atoms with van der Waals surface area (Å²) in [6.45, 7) is 2.88. The minimum atomic E-state index is -1.17. The van der Waals surface area contributed by atoms with Gasteiger partial charge in [-0.1, -0.05) is 0 Å². The third-order valence-corrected chi connectivity index (χ3v) is 3.26. The van der Waals surface area contributed by atoms with E-state index in [1.54, 1.807) is 0 Å². The first-order valence-corrected chi connectivity index (χ1v) is 6.28. The van der Waals surface area contributed by atoms with Gasteiger partial charge in [0.25, 0.3) is 0 Å². The Morgan fingerprint density at radius 2 is 1.84 bits per heavy atom. The van der Waals surface area contributed by atoms with Crippen LogP contribution in [0.3, 0.4) is 0 Å². The number of likely N-dealkylation sites (tertiary alicyclic amines) is 1. The first kappa shape index (κ1) is 15.4. The molecule has 0 bridgehead atoms. The molecule has 1 aliphatic heterocycles. The molecule has 0 saturated carbocycles. The van der Waals surface area contributed by atoms with Crippen LogP contribution >= 0.6 is 0 Å². The molecule has 0 spiro atoms. The van der Waals surface area contributed by atoms with Crippen LogP contribution in [0.4, 0.5) is 0 Å². The Balaban J connectivity index is 2.58. The van der Waals surface area contributed by atoms with Crippen LogP contribution in [0, 0.1) is 11.8 Å². The average Bonchev–Trinajstić information content (AvgIpc) is 2.38. The number of hydrogen-bond donors (Lipinski definition) is 2. The zero-order chi connectivity index (χ0) is 14.4. The van der Waals surface area contributed by atoms with Gasteiger partial charge in [-0.25, -0.2) is 0 Å². The maximum absolute atomic E-state index is 11.8. The molecule has 0 radical (unpaired) electrons. The van der Waals surface area contributed by atoms with Gasteiger partial charge >= 0.3 is 11.9 Å². The summed E-state index contributed by atoms with van der Waals surface area (Å²) in [4.78, 5) is 35.3. The van der Waals surface area contributed by atoms with Gasteiger partial charge in [0, 0.05) is 19.7 Å². The second-order valence-corrected chi connectivity index (χ2v) is 4.46. The lowest BCUT2D eigenvalue weighted by atomic mass is 9.85. The van der Waals surface area contributed by atoms with Gasteiger partial charge in [-0.2, -0.15) is 0 Å². The number of aliphatic carboxylic acids is 2. The van der Waals surface area contributed by atoms with Gasteiger partial charge in [-0.05, 0) is 13.3 Å². The number of carbonyl (C=O) groups excluding carboxylic acids is 1. The summed E-state index contributed by atoms with van der Waals surface area (Å²) in [5.74, 6) is -4.44. The van der Waals surface area contributed by atoms with Crippen molar-refractivity contribution in [1.82, 2.24) is 4.90 Å². The van der Waals surface area contributed by atoms with E-state index >= 15 is 0 Å². The molecule has 1 saturated heterocycles. The number of hydrogen-bond acceptors (Lipinski definition) is 4. The van der Waals surface area contributed by atoms with E-state index in [2.05, 4.69) is 0 Å². The second kappa shape index (κ2) is 7.08. The lowest BCUT2D eigenvalue weighted by Crippen LogP contribution is -2.48. The number of carboxylic acids is 2. The molecule has 1 amide bonds. The molecular weight excluding hydrogens is 254 g/mol. The van der Waals surface area contributed by atoms with E-state index < -0.39 is 23.8 Å². The van der Waals surface area contributed by atoms with Gasteiger partial charge in [-0.3, -0.25) is 14.4 Å². The summed E-state index contributed by atoms with van der Waals surface area (Å²) < 4.78 is 5.07. The summed E-state index contributed by atoms with van der Waals surface area (Å²) in [5, 5.41) is 18.0. The van der Waals surface area contributed by atoms with Crippen molar-refractivity contribution >= 4 is 17.8 Å². The Bertz CT molecular complexity index is 356. The number of ether oxygens (including phenoxy) is 1. The third kappa shape index (κ3) is 4.20. The lowest BCUT2D eigenvalue weighted by molar-refractivity contribution is -0.159. The van der Waals surface area contributed by atoms with Crippen molar-refractivity contribution in [1.29, 1.82) is 0 Å². The summed E-state index contributed by atoms with van der Waals surface area (Å²) in [7, 11) is 0. The SMILES string of the molecule is CCOCCC(=O)N1CCC(C(=O)O)C(C(=O)O)C1. The minimum Gasteiger partial charge on any atom is -0.481 e. The molecule has 7 heteroatoms. The van der Waals surface area contributed by atoms with E-state index in [9.17, 15) is 14.4 Å². The Hall–Kier alpha value is -1.63. The molecule has 1 heterocycles. The maximum atomic E-state index is 11.8. The highest BCUT2D eigenvalue weighted by molar-refractivity contribution is 5.82. The Morgan fingerprint density at radius 3 is 2.37 bits per heavy atom. The Kier molecular flexibility index (Phi) is 5.75. The predicted octanol–water partition coefficient (Wildman–Crippen LogP) is 0.0469. The van der Waals surface area contributed by atoms with Gasteiger partial charge in [0.15, 0.2) is 0 Å². The molecule has 1 rings (SSSR count). The molecule has 19 heavy (non-hydrogen) atoms. The van der Waals surface area contributed by atoms with Crippen LogP contribution in [-0.4, -0.2) is 59.3 Å². The smallest absolute Gasteiger partial charge is 0.309 e. The summed E-state index contributed by atoms with van der Waals surface area (Å²) in [6.07, 6.45) is 0.366. The van der Waals surface area contributed by atoms with Crippen molar-refractivity contribution < 1.29 is 29.3 Å². The number of carbonyl (C=O) groups is 3. The topological polar surface area (TPSA) is 104 Å². The Morgan fingerprint density at radius 1 is 1.21 bits per heavy atom. The highest BCUT2D eigenvalue weighted by Gasteiger charge is 2.39. The van der Waals surface area contributed by atoms with E-state index in [1.165, 1.54) is 4.90 Å². The molecule has 2 atom stereocenters. The molecule has 7 nitrogen and oxygen atoms in total. The number of rotatable bonds is 6. The minimum absolute atomic E-state index is 0.0444. The fourth-order valence-corrected chi connectivity index (χ4v) is 2.19. The number of nitrogens with zero attached hydrogens (tertiary/aromatic N) is 1. The normalized spacial score (nSPS) is 23.1. The zero-order valence-corrected chi connectivity index (χ0v) is 10.9. The monoisotopic (exact) mass is 273 g/mol. The summed E-state index contributed by atoms with van der Waals surface area (Å²) >= 11 is 0. The largest absolute Gasteiger partial charge is 0.481 e. The number of amides is 1. The van der Waals surface area contributed by atoms with Gasteiger partial charge in [0.05, 0.1) is 24.9 Å². The predicted molar refractivity (Wildman–Crippen MR) is 64.6 cm³/mol. The molecule has 2 unspecified atom stereocenters. The van der Waals surface area contributed by atoms with Crippen molar-refractivity contribution in [2.24, 2.45) is 11.8 Å². The van der Waals surface area contributed by atoms with Crippen LogP contribution in [0.15, 0.2) is 0 Å². The van der Waals surface area contributed by atoms with E-state index in [4.69, 9.17) is 14.9 Å². The molecular formula is C12H19NO6. The van der Waals surface area contributed by atoms with E-state index in [1.807, 2.05) is 6.92 Å². The second-order valence-electron chi connectivity index (χ2n) is 4.46. The van der Waals surface area contributed by atoms with Crippen molar-refractivity contribution in [2.45, 2.75) is 19.8 Å². The molecule has 0 aliphatic carbocycles. The van der Waals surface area contributed by atoms with E-state index in [0.29, 0.717) is 13.2 Å². The van der Waals surface area contributed by atoms with Crippen molar-refractivity contribution in [3.63, 3.8) is 0 Å². The van der Waals surface area contributed by atoms with Crippen molar-refractivity contribution in [3.05, 3.63) is 0 Å².